The summed E-state index contributed by atoms with van der Waals surface area (Å²) in [6.07, 6.45) is 0. The highest BCUT2D eigenvalue weighted by Gasteiger charge is 2.20. The Bertz CT molecular complexity index is 2340. The minimum atomic E-state index is 0.933. The summed E-state index contributed by atoms with van der Waals surface area (Å²) in [4.78, 5) is 0. The lowest BCUT2D eigenvalue weighted by Gasteiger charge is -2.17. The molecule has 41 heavy (non-hydrogen) atoms. The van der Waals surface area contributed by atoms with Gasteiger partial charge >= 0.3 is 0 Å². The van der Waals surface area contributed by atoms with Crippen LogP contribution in [0.3, 0.4) is 0 Å². The van der Waals surface area contributed by atoms with Gasteiger partial charge in [-0.1, -0.05) is 115 Å². The third-order valence-electron chi connectivity index (χ3n) is 8.57. The van der Waals surface area contributed by atoms with Crippen molar-refractivity contribution < 1.29 is 4.42 Å². The van der Waals surface area contributed by atoms with Crippen LogP contribution in [0.4, 0.5) is 0 Å². The molecule has 190 valence electrons. The van der Waals surface area contributed by atoms with Crippen molar-refractivity contribution in [2.24, 2.45) is 0 Å². The fraction of sp³-hybridized carbons (Fsp3) is 0. The van der Waals surface area contributed by atoms with E-state index in [2.05, 4.69) is 140 Å². The Morgan fingerprint density at radius 3 is 1.68 bits per heavy atom. The second-order valence-corrected chi connectivity index (χ2v) is 10.9. The molecule has 0 radical (unpaired) electrons. The monoisotopic (exact) mass is 520 g/mol. The maximum atomic E-state index is 6.57. The average Bonchev–Trinajstić information content (AvgIpc) is 3.45. The SMILES string of the molecule is c1ccc(-c2cc(-c3ccccc3)cc(-c3cc4cccc5c6c7ccccc7oc6c6cccc3c6c45)c2)cc1. The fourth-order valence-corrected chi connectivity index (χ4v) is 6.77. The van der Waals surface area contributed by atoms with E-state index in [9.17, 15) is 0 Å². The van der Waals surface area contributed by atoms with E-state index in [0.29, 0.717) is 0 Å². The van der Waals surface area contributed by atoms with Gasteiger partial charge in [-0.25, -0.2) is 0 Å². The first-order valence-electron chi connectivity index (χ1n) is 14.1. The highest BCUT2D eigenvalue weighted by Crippen LogP contribution is 2.47. The molecular weight excluding hydrogens is 496 g/mol. The number of fused-ring (bicyclic) bond motifs is 5. The van der Waals surface area contributed by atoms with Crippen LogP contribution in [0, 0.1) is 0 Å². The van der Waals surface area contributed by atoms with Crippen molar-refractivity contribution >= 4 is 54.3 Å². The summed E-state index contributed by atoms with van der Waals surface area (Å²) in [5.41, 5.74) is 9.21. The number of para-hydroxylation sites is 1. The van der Waals surface area contributed by atoms with Crippen LogP contribution in [0.2, 0.25) is 0 Å². The molecule has 1 heteroatoms. The zero-order valence-corrected chi connectivity index (χ0v) is 22.3. The number of rotatable bonds is 3. The Morgan fingerprint density at radius 2 is 0.927 bits per heavy atom. The molecule has 1 nitrogen and oxygen atoms in total. The first-order valence-corrected chi connectivity index (χ1v) is 14.1. The molecule has 0 aliphatic heterocycles. The van der Waals surface area contributed by atoms with Gasteiger partial charge in [0.1, 0.15) is 11.2 Å². The molecule has 0 saturated heterocycles. The lowest BCUT2D eigenvalue weighted by molar-refractivity contribution is 0.673. The predicted molar refractivity (Wildman–Crippen MR) is 174 cm³/mol. The van der Waals surface area contributed by atoms with Crippen LogP contribution in [-0.4, -0.2) is 0 Å². The summed E-state index contributed by atoms with van der Waals surface area (Å²) in [6.45, 7) is 0. The first-order chi connectivity index (χ1) is 20.3. The van der Waals surface area contributed by atoms with Crippen LogP contribution in [0.15, 0.2) is 150 Å². The minimum absolute atomic E-state index is 0.933. The minimum Gasteiger partial charge on any atom is -0.455 e. The fourth-order valence-electron chi connectivity index (χ4n) is 6.77. The molecular formula is C40H24O. The zero-order chi connectivity index (χ0) is 26.9. The van der Waals surface area contributed by atoms with E-state index < -0.39 is 0 Å². The van der Waals surface area contributed by atoms with Crippen LogP contribution >= 0.6 is 0 Å². The molecule has 0 N–H and O–H groups in total. The van der Waals surface area contributed by atoms with Gasteiger partial charge in [-0.05, 0) is 85.3 Å². The van der Waals surface area contributed by atoms with Gasteiger partial charge in [0.25, 0.3) is 0 Å². The van der Waals surface area contributed by atoms with Gasteiger partial charge in [-0.15, -0.1) is 0 Å². The lowest BCUT2D eigenvalue weighted by atomic mass is 9.86. The van der Waals surface area contributed by atoms with E-state index >= 15 is 0 Å². The molecule has 0 bridgehead atoms. The third-order valence-corrected chi connectivity index (χ3v) is 8.57. The van der Waals surface area contributed by atoms with Gasteiger partial charge in [-0.3, -0.25) is 0 Å². The standard InChI is InChI=1S/C40H24O/c1-3-11-25(12-4-1)28-21-29(26-13-5-2-6-14-26)23-30(22-28)35-24-27-15-9-18-33-37(27)38-31(35)17-10-19-34(38)40-39(33)32-16-7-8-20-36(32)41-40/h1-24H. The van der Waals surface area contributed by atoms with Gasteiger partial charge < -0.3 is 4.42 Å². The molecule has 0 atom stereocenters. The summed E-state index contributed by atoms with van der Waals surface area (Å²) < 4.78 is 6.57. The maximum Gasteiger partial charge on any atom is 0.143 e. The van der Waals surface area contributed by atoms with Gasteiger partial charge in [0.05, 0.1) is 0 Å². The van der Waals surface area contributed by atoms with Crippen molar-refractivity contribution in [3.63, 3.8) is 0 Å². The number of furan rings is 1. The van der Waals surface area contributed by atoms with E-state index in [0.717, 1.165) is 11.2 Å². The summed E-state index contributed by atoms with van der Waals surface area (Å²) in [5.74, 6) is 0. The van der Waals surface area contributed by atoms with Crippen molar-refractivity contribution in [3.8, 4) is 33.4 Å². The van der Waals surface area contributed by atoms with E-state index in [4.69, 9.17) is 4.42 Å². The van der Waals surface area contributed by atoms with Crippen molar-refractivity contribution in [3.05, 3.63) is 146 Å². The lowest BCUT2D eigenvalue weighted by Crippen LogP contribution is -1.91. The molecule has 1 aromatic heterocycles. The van der Waals surface area contributed by atoms with Crippen molar-refractivity contribution in [1.29, 1.82) is 0 Å². The van der Waals surface area contributed by atoms with Gasteiger partial charge in [-0.2, -0.15) is 0 Å². The molecule has 0 spiro atoms. The van der Waals surface area contributed by atoms with E-state index in [1.165, 1.54) is 76.5 Å². The topological polar surface area (TPSA) is 13.1 Å². The van der Waals surface area contributed by atoms with Crippen LogP contribution in [-0.2, 0) is 0 Å². The highest BCUT2D eigenvalue weighted by molar-refractivity contribution is 6.37. The molecule has 0 aliphatic rings. The van der Waals surface area contributed by atoms with Crippen LogP contribution in [0.25, 0.3) is 87.6 Å². The Labute approximate surface area is 237 Å². The number of benzene rings is 8. The molecule has 0 amide bonds. The molecule has 0 fully saturated rings. The summed E-state index contributed by atoms with van der Waals surface area (Å²) in [7, 11) is 0. The number of hydrogen-bond donors (Lipinski definition) is 0. The molecule has 1 heterocycles. The van der Waals surface area contributed by atoms with Crippen LogP contribution < -0.4 is 0 Å². The van der Waals surface area contributed by atoms with Crippen LogP contribution in [0.5, 0.6) is 0 Å². The molecule has 0 unspecified atom stereocenters. The van der Waals surface area contributed by atoms with Crippen LogP contribution in [0.1, 0.15) is 0 Å². The van der Waals surface area contributed by atoms with Gasteiger partial charge in [0.2, 0.25) is 0 Å². The van der Waals surface area contributed by atoms with Crippen molar-refractivity contribution in [2.75, 3.05) is 0 Å². The molecule has 9 aromatic rings. The number of hydrogen-bond acceptors (Lipinski definition) is 1. The Hall–Kier alpha value is -5.40. The average molecular weight is 521 g/mol. The second kappa shape index (κ2) is 8.55. The van der Waals surface area contributed by atoms with E-state index in [1.807, 2.05) is 6.07 Å². The Morgan fingerprint density at radius 1 is 0.341 bits per heavy atom. The molecule has 9 rings (SSSR count). The Balaban J connectivity index is 1.42. The second-order valence-electron chi connectivity index (χ2n) is 10.9. The largest absolute Gasteiger partial charge is 0.455 e. The molecule has 0 aliphatic carbocycles. The predicted octanol–water partition coefficient (Wildman–Crippen LogP) is 11.5. The van der Waals surface area contributed by atoms with Crippen molar-refractivity contribution in [2.45, 2.75) is 0 Å². The molecule has 8 aromatic carbocycles. The summed E-state index contributed by atoms with van der Waals surface area (Å²) in [6, 6.07) is 52.5. The van der Waals surface area contributed by atoms with Crippen molar-refractivity contribution in [1.82, 2.24) is 0 Å². The van der Waals surface area contributed by atoms with Gasteiger partial charge in [0.15, 0.2) is 0 Å². The summed E-state index contributed by atoms with van der Waals surface area (Å²) in [5, 5.41) is 9.87. The van der Waals surface area contributed by atoms with E-state index in [1.54, 1.807) is 0 Å². The third kappa shape index (κ3) is 3.30. The first kappa shape index (κ1) is 22.4. The quantitative estimate of drug-likeness (QED) is 0.211. The maximum absolute atomic E-state index is 6.57. The smallest absolute Gasteiger partial charge is 0.143 e. The van der Waals surface area contributed by atoms with E-state index in [-0.39, 0.29) is 0 Å². The Kier molecular flexibility index (Phi) is 4.67. The molecule has 0 saturated carbocycles. The highest BCUT2D eigenvalue weighted by atomic mass is 16.3. The zero-order valence-electron chi connectivity index (χ0n) is 22.3. The normalized spacial score (nSPS) is 11.9. The van der Waals surface area contributed by atoms with Gasteiger partial charge in [0, 0.05) is 21.5 Å². The summed E-state index contributed by atoms with van der Waals surface area (Å²) >= 11 is 0.